The van der Waals surface area contributed by atoms with Gasteiger partial charge in [-0.2, -0.15) is 0 Å². The number of nitrogens with zero attached hydrogens (tertiary/aromatic N) is 2. The SMILES string of the molecule is Cc1cnccc1C(c1ccc(Cl)cc1)N1CCNCC1. The van der Waals surface area contributed by atoms with Gasteiger partial charge in [-0.1, -0.05) is 23.7 Å². The number of rotatable bonds is 3. The maximum absolute atomic E-state index is 6.05. The second-order valence-electron chi connectivity index (χ2n) is 5.47. The predicted octanol–water partition coefficient (Wildman–Crippen LogP) is 3.04. The van der Waals surface area contributed by atoms with Crippen molar-refractivity contribution in [3.05, 3.63) is 64.4 Å². The van der Waals surface area contributed by atoms with E-state index in [1.165, 1.54) is 16.7 Å². The lowest BCUT2D eigenvalue weighted by Gasteiger charge is -2.36. The molecular formula is C17H20ClN3. The number of aromatic nitrogens is 1. The Kier molecular flexibility index (Phi) is 4.54. The fourth-order valence-corrected chi connectivity index (χ4v) is 3.09. The van der Waals surface area contributed by atoms with Crippen LogP contribution in [0.1, 0.15) is 22.7 Å². The molecule has 3 nitrogen and oxygen atoms in total. The van der Waals surface area contributed by atoms with Crippen LogP contribution >= 0.6 is 11.6 Å². The van der Waals surface area contributed by atoms with Gasteiger partial charge in [0.1, 0.15) is 0 Å². The van der Waals surface area contributed by atoms with E-state index < -0.39 is 0 Å². The van der Waals surface area contributed by atoms with Crippen LogP contribution in [-0.2, 0) is 0 Å². The number of piperazine rings is 1. The molecular weight excluding hydrogens is 282 g/mol. The normalized spacial score (nSPS) is 17.6. The molecule has 1 aliphatic rings. The lowest BCUT2D eigenvalue weighted by atomic mass is 9.94. The number of nitrogens with one attached hydrogen (secondary N) is 1. The van der Waals surface area contributed by atoms with Crippen molar-refractivity contribution < 1.29 is 0 Å². The van der Waals surface area contributed by atoms with Crippen molar-refractivity contribution in [2.24, 2.45) is 0 Å². The van der Waals surface area contributed by atoms with Crippen LogP contribution < -0.4 is 5.32 Å². The highest BCUT2D eigenvalue weighted by Gasteiger charge is 2.24. The van der Waals surface area contributed by atoms with Gasteiger partial charge in [0.15, 0.2) is 0 Å². The molecule has 1 aromatic heterocycles. The summed E-state index contributed by atoms with van der Waals surface area (Å²) in [6.45, 7) is 6.31. The summed E-state index contributed by atoms with van der Waals surface area (Å²) in [7, 11) is 0. The van der Waals surface area contributed by atoms with E-state index >= 15 is 0 Å². The topological polar surface area (TPSA) is 28.2 Å². The van der Waals surface area contributed by atoms with E-state index in [0.717, 1.165) is 31.2 Å². The van der Waals surface area contributed by atoms with Crippen LogP contribution in [0.25, 0.3) is 0 Å². The molecule has 21 heavy (non-hydrogen) atoms. The summed E-state index contributed by atoms with van der Waals surface area (Å²) in [6, 6.07) is 10.6. The zero-order chi connectivity index (χ0) is 14.7. The summed E-state index contributed by atoms with van der Waals surface area (Å²) in [6.07, 6.45) is 3.83. The Balaban J connectivity index is 2.01. The van der Waals surface area contributed by atoms with Crippen LogP contribution in [0, 0.1) is 6.92 Å². The summed E-state index contributed by atoms with van der Waals surface area (Å²) in [5.74, 6) is 0. The first-order valence-electron chi connectivity index (χ1n) is 7.36. The van der Waals surface area contributed by atoms with Crippen molar-refractivity contribution in [2.75, 3.05) is 26.2 Å². The first-order valence-corrected chi connectivity index (χ1v) is 7.74. The molecule has 1 saturated heterocycles. The van der Waals surface area contributed by atoms with Gasteiger partial charge in [-0.05, 0) is 41.8 Å². The number of halogens is 1. The van der Waals surface area contributed by atoms with Crippen molar-refractivity contribution in [3.8, 4) is 0 Å². The number of pyridine rings is 1. The van der Waals surface area contributed by atoms with Crippen molar-refractivity contribution in [2.45, 2.75) is 13.0 Å². The number of hydrogen-bond donors (Lipinski definition) is 1. The molecule has 0 radical (unpaired) electrons. The van der Waals surface area contributed by atoms with E-state index in [0.29, 0.717) is 0 Å². The monoisotopic (exact) mass is 301 g/mol. The van der Waals surface area contributed by atoms with Crippen molar-refractivity contribution >= 4 is 11.6 Å². The van der Waals surface area contributed by atoms with Gasteiger partial charge in [0, 0.05) is 43.6 Å². The van der Waals surface area contributed by atoms with Crippen LogP contribution in [0.4, 0.5) is 0 Å². The summed E-state index contributed by atoms with van der Waals surface area (Å²) in [5.41, 5.74) is 3.85. The molecule has 0 bridgehead atoms. The van der Waals surface area contributed by atoms with E-state index in [-0.39, 0.29) is 6.04 Å². The summed E-state index contributed by atoms with van der Waals surface area (Å²) in [5, 5.41) is 4.20. The fourth-order valence-electron chi connectivity index (χ4n) is 2.96. The van der Waals surface area contributed by atoms with Crippen LogP contribution in [0.5, 0.6) is 0 Å². The highest BCUT2D eigenvalue weighted by molar-refractivity contribution is 6.30. The summed E-state index contributed by atoms with van der Waals surface area (Å²) in [4.78, 5) is 6.76. The Morgan fingerprint density at radius 3 is 2.52 bits per heavy atom. The van der Waals surface area contributed by atoms with E-state index in [4.69, 9.17) is 11.6 Å². The van der Waals surface area contributed by atoms with Gasteiger partial charge in [-0.15, -0.1) is 0 Å². The maximum Gasteiger partial charge on any atom is 0.0606 e. The minimum atomic E-state index is 0.271. The van der Waals surface area contributed by atoms with Gasteiger partial charge in [-0.3, -0.25) is 9.88 Å². The minimum Gasteiger partial charge on any atom is -0.314 e. The Bertz CT molecular complexity index is 591. The summed E-state index contributed by atoms with van der Waals surface area (Å²) >= 11 is 6.05. The third-order valence-electron chi connectivity index (χ3n) is 4.06. The Labute approximate surface area is 131 Å². The average Bonchev–Trinajstić information content (AvgIpc) is 2.52. The lowest BCUT2D eigenvalue weighted by molar-refractivity contribution is 0.198. The fraction of sp³-hybridized carbons (Fsp3) is 0.353. The quantitative estimate of drug-likeness (QED) is 0.944. The molecule has 0 aliphatic carbocycles. The van der Waals surface area contributed by atoms with Gasteiger partial charge in [0.05, 0.1) is 6.04 Å². The zero-order valence-corrected chi connectivity index (χ0v) is 13.0. The minimum absolute atomic E-state index is 0.271. The van der Waals surface area contributed by atoms with Gasteiger partial charge >= 0.3 is 0 Å². The molecule has 1 fully saturated rings. The molecule has 1 unspecified atom stereocenters. The second kappa shape index (κ2) is 6.56. The Morgan fingerprint density at radius 2 is 1.86 bits per heavy atom. The Hall–Kier alpha value is -1.42. The molecule has 1 N–H and O–H groups in total. The largest absolute Gasteiger partial charge is 0.314 e. The molecule has 1 aliphatic heterocycles. The molecule has 2 aromatic rings. The smallest absolute Gasteiger partial charge is 0.0606 e. The van der Waals surface area contributed by atoms with E-state index in [1.807, 2.05) is 24.5 Å². The van der Waals surface area contributed by atoms with Gasteiger partial charge < -0.3 is 5.32 Å². The molecule has 110 valence electrons. The maximum atomic E-state index is 6.05. The van der Waals surface area contributed by atoms with Gasteiger partial charge in [0.2, 0.25) is 0 Å². The van der Waals surface area contributed by atoms with Gasteiger partial charge in [0.25, 0.3) is 0 Å². The molecule has 2 heterocycles. The molecule has 4 heteroatoms. The number of aryl methyl sites for hydroxylation is 1. The van der Waals surface area contributed by atoms with E-state index in [9.17, 15) is 0 Å². The highest BCUT2D eigenvalue weighted by atomic mass is 35.5. The van der Waals surface area contributed by atoms with E-state index in [2.05, 4.69) is 40.3 Å². The van der Waals surface area contributed by atoms with Crippen molar-refractivity contribution in [3.63, 3.8) is 0 Å². The molecule has 1 atom stereocenters. The lowest BCUT2D eigenvalue weighted by Crippen LogP contribution is -2.45. The third kappa shape index (κ3) is 3.26. The van der Waals surface area contributed by atoms with Crippen molar-refractivity contribution in [1.29, 1.82) is 0 Å². The zero-order valence-electron chi connectivity index (χ0n) is 12.2. The summed E-state index contributed by atoms with van der Waals surface area (Å²) < 4.78 is 0. The van der Waals surface area contributed by atoms with E-state index in [1.54, 1.807) is 0 Å². The van der Waals surface area contributed by atoms with Crippen LogP contribution in [-0.4, -0.2) is 36.1 Å². The van der Waals surface area contributed by atoms with Crippen LogP contribution in [0.15, 0.2) is 42.7 Å². The first kappa shape index (κ1) is 14.5. The molecule has 0 spiro atoms. The number of hydrogen-bond acceptors (Lipinski definition) is 3. The molecule has 1 aromatic carbocycles. The first-order chi connectivity index (χ1) is 10.3. The van der Waals surface area contributed by atoms with Crippen LogP contribution in [0.3, 0.4) is 0 Å². The predicted molar refractivity (Wildman–Crippen MR) is 86.7 cm³/mol. The molecule has 3 rings (SSSR count). The molecule has 0 amide bonds. The average molecular weight is 302 g/mol. The van der Waals surface area contributed by atoms with Gasteiger partial charge in [-0.25, -0.2) is 0 Å². The Morgan fingerprint density at radius 1 is 1.14 bits per heavy atom. The third-order valence-corrected chi connectivity index (χ3v) is 4.31. The second-order valence-corrected chi connectivity index (χ2v) is 5.91. The highest BCUT2D eigenvalue weighted by Crippen LogP contribution is 2.31. The number of benzene rings is 1. The van der Waals surface area contributed by atoms with Crippen LogP contribution in [0.2, 0.25) is 5.02 Å². The molecule has 0 saturated carbocycles. The van der Waals surface area contributed by atoms with Crippen molar-refractivity contribution in [1.82, 2.24) is 15.2 Å². The standard InChI is InChI=1S/C17H20ClN3/c1-13-12-20-7-6-16(13)17(21-10-8-19-9-11-21)14-2-4-15(18)5-3-14/h2-7,12,17,19H,8-11H2,1H3.